The van der Waals surface area contributed by atoms with Crippen LogP contribution >= 0.6 is 0 Å². The third kappa shape index (κ3) is 2.96. The second kappa shape index (κ2) is 4.98. The van der Waals surface area contributed by atoms with Gasteiger partial charge in [0.1, 0.15) is 0 Å². The van der Waals surface area contributed by atoms with Crippen molar-refractivity contribution in [3.05, 3.63) is 30.3 Å². The molecule has 0 aliphatic rings. The highest BCUT2D eigenvalue weighted by Crippen LogP contribution is 2.13. The first-order chi connectivity index (χ1) is 7.47. The van der Waals surface area contributed by atoms with E-state index in [9.17, 15) is 13.2 Å². The van der Waals surface area contributed by atoms with Crippen LogP contribution in [0.1, 0.15) is 13.3 Å². The molecule has 16 heavy (non-hydrogen) atoms. The summed E-state index contributed by atoms with van der Waals surface area (Å²) in [4.78, 5) is 11.0. The normalized spacial score (nSPS) is 10.9. The molecule has 1 amide bonds. The molecule has 0 aromatic heterocycles. The van der Waals surface area contributed by atoms with E-state index in [1.54, 1.807) is 37.3 Å². The lowest BCUT2D eigenvalue weighted by atomic mass is 10.3. The van der Waals surface area contributed by atoms with E-state index in [-0.39, 0.29) is 6.42 Å². The zero-order valence-corrected chi connectivity index (χ0v) is 9.99. The van der Waals surface area contributed by atoms with Crippen molar-refractivity contribution in [3.63, 3.8) is 0 Å². The van der Waals surface area contributed by atoms with E-state index in [1.807, 2.05) is 4.72 Å². The van der Waals surface area contributed by atoms with Gasteiger partial charge in [-0.3, -0.25) is 9.10 Å². The van der Waals surface area contributed by atoms with Crippen molar-refractivity contribution in [1.82, 2.24) is 4.72 Å². The number of anilines is 1. The summed E-state index contributed by atoms with van der Waals surface area (Å²) in [6.45, 7) is 1.59. The van der Waals surface area contributed by atoms with E-state index in [0.29, 0.717) is 5.69 Å². The van der Waals surface area contributed by atoms with Crippen LogP contribution in [0.5, 0.6) is 0 Å². The van der Waals surface area contributed by atoms with Crippen molar-refractivity contribution in [1.29, 1.82) is 0 Å². The lowest BCUT2D eigenvalue weighted by molar-refractivity contribution is -0.119. The third-order valence-corrected chi connectivity index (χ3v) is 3.46. The number of rotatable bonds is 4. The molecule has 0 bridgehead atoms. The molecule has 1 rings (SSSR count). The first-order valence-electron chi connectivity index (χ1n) is 4.82. The molecule has 0 spiro atoms. The largest absolute Gasteiger partial charge is 0.325 e. The molecule has 0 aliphatic carbocycles. The van der Waals surface area contributed by atoms with E-state index in [2.05, 4.69) is 0 Å². The minimum absolute atomic E-state index is 0.127. The number of benzene rings is 1. The van der Waals surface area contributed by atoms with Crippen LogP contribution in [0.15, 0.2) is 30.3 Å². The van der Waals surface area contributed by atoms with Gasteiger partial charge in [0, 0.05) is 13.5 Å². The van der Waals surface area contributed by atoms with Gasteiger partial charge in [0.25, 0.3) is 0 Å². The van der Waals surface area contributed by atoms with Crippen molar-refractivity contribution in [3.8, 4) is 0 Å². The van der Waals surface area contributed by atoms with E-state index < -0.39 is 16.1 Å². The third-order valence-electron chi connectivity index (χ3n) is 2.04. The predicted molar refractivity (Wildman–Crippen MR) is 62.2 cm³/mol. The Kier molecular flexibility index (Phi) is 3.89. The fourth-order valence-corrected chi connectivity index (χ4v) is 2.03. The Balaban J connectivity index is 2.89. The van der Waals surface area contributed by atoms with Crippen LogP contribution in [-0.4, -0.2) is 21.4 Å². The number of para-hydroxylation sites is 1. The van der Waals surface area contributed by atoms with Gasteiger partial charge in [-0.25, -0.2) is 4.72 Å². The van der Waals surface area contributed by atoms with Crippen LogP contribution in [0.3, 0.4) is 0 Å². The van der Waals surface area contributed by atoms with Crippen LogP contribution in [0.2, 0.25) is 0 Å². The number of carbonyl (C=O) groups is 1. The molecule has 1 aromatic carbocycles. The van der Waals surface area contributed by atoms with Gasteiger partial charge < -0.3 is 0 Å². The first-order valence-corrected chi connectivity index (χ1v) is 6.26. The lowest BCUT2D eigenvalue weighted by Gasteiger charge is -2.19. The van der Waals surface area contributed by atoms with Gasteiger partial charge in [0.15, 0.2) is 0 Å². The van der Waals surface area contributed by atoms with Crippen molar-refractivity contribution in [2.24, 2.45) is 0 Å². The fourth-order valence-electron chi connectivity index (χ4n) is 1.06. The molecule has 0 saturated heterocycles. The molecule has 0 fully saturated rings. The average molecular weight is 242 g/mol. The summed E-state index contributed by atoms with van der Waals surface area (Å²) in [7, 11) is -2.40. The molecular weight excluding hydrogens is 228 g/mol. The van der Waals surface area contributed by atoms with Gasteiger partial charge in [-0.15, -0.1) is 0 Å². The van der Waals surface area contributed by atoms with E-state index in [4.69, 9.17) is 0 Å². The zero-order chi connectivity index (χ0) is 12.2. The molecular formula is C10H14N2O3S. The first kappa shape index (κ1) is 12.5. The van der Waals surface area contributed by atoms with Crippen LogP contribution in [-0.2, 0) is 15.0 Å². The summed E-state index contributed by atoms with van der Waals surface area (Å²) in [5.74, 6) is -0.525. The molecule has 1 N–H and O–H groups in total. The van der Waals surface area contributed by atoms with Crippen LogP contribution < -0.4 is 9.03 Å². The molecule has 0 saturated carbocycles. The Labute approximate surface area is 95.3 Å². The highest BCUT2D eigenvalue weighted by Gasteiger charge is 2.19. The molecule has 0 heterocycles. The summed E-state index contributed by atoms with van der Waals surface area (Å²) in [6, 6.07) is 8.53. The number of amides is 1. The number of nitrogens with zero attached hydrogens (tertiary/aromatic N) is 1. The highest BCUT2D eigenvalue weighted by molar-refractivity contribution is 7.91. The smallest absolute Gasteiger partial charge is 0.274 e. The number of nitrogens with one attached hydrogen (secondary N) is 1. The highest BCUT2D eigenvalue weighted by atomic mass is 32.2. The van der Waals surface area contributed by atoms with Crippen LogP contribution in [0, 0.1) is 0 Å². The van der Waals surface area contributed by atoms with Gasteiger partial charge in [-0.1, -0.05) is 25.1 Å². The Morgan fingerprint density at radius 2 is 1.88 bits per heavy atom. The Bertz CT molecular complexity index is 456. The van der Waals surface area contributed by atoms with Crippen LogP contribution in [0.4, 0.5) is 5.69 Å². The summed E-state index contributed by atoms with van der Waals surface area (Å²) in [6.07, 6.45) is 0.127. The van der Waals surface area contributed by atoms with E-state index in [0.717, 1.165) is 4.31 Å². The monoisotopic (exact) mass is 242 g/mol. The van der Waals surface area contributed by atoms with E-state index in [1.165, 1.54) is 7.05 Å². The number of hydrogen-bond acceptors (Lipinski definition) is 3. The minimum atomic E-state index is -3.79. The second-order valence-electron chi connectivity index (χ2n) is 3.19. The molecule has 0 unspecified atom stereocenters. The summed E-state index contributed by atoms with van der Waals surface area (Å²) in [5.41, 5.74) is 0.499. The summed E-state index contributed by atoms with van der Waals surface area (Å²) >= 11 is 0. The maximum atomic E-state index is 11.7. The Hall–Kier alpha value is -1.56. The maximum Gasteiger partial charge on any atom is 0.325 e. The van der Waals surface area contributed by atoms with Crippen LogP contribution in [0.25, 0.3) is 0 Å². The molecule has 6 heteroatoms. The molecule has 88 valence electrons. The Morgan fingerprint density at radius 3 is 2.38 bits per heavy atom. The van der Waals surface area contributed by atoms with Gasteiger partial charge in [0.2, 0.25) is 5.91 Å². The van der Waals surface area contributed by atoms with Crippen molar-refractivity contribution in [2.45, 2.75) is 13.3 Å². The molecule has 0 atom stereocenters. The topological polar surface area (TPSA) is 66.5 Å². The summed E-state index contributed by atoms with van der Waals surface area (Å²) in [5, 5.41) is 0. The summed E-state index contributed by atoms with van der Waals surface area (Å²) < 4.78 is 26.4. The number of carbonyl (C=O) groups excluding carboxylic acids is 1. The maximum absolute atomic E-state index is 11.7. The molecule has 0 aliphatic heterocycles. The van der Waals surface area contributed by atoms with Gasteiger partial charge in [-0.05, 0) is 12.1 Å². The minimum Gasteiger partial charge on any atom is -0.274 e. The van der Waals surface area contributed by atoms with Crippen molar-refractivity contribution < 1.29 is 13.2 Å². The predicted octanol–water partition coefficient (Wildman–Crippen LogP) is 0.894. The molecule has 5 nitrogen and oxygen atoms in total. The molecule has 1 aromatic rings. The fraction of sp³-hybridized carbons (Fsp3) is 0.300. The van der Waals surface area contributed by atoms with Crippen molar-refractivity contribution in [2.75, 3.05) is 11.4 Å². The van der Waals surface area contributed by atoms with Gasteiger partial charge in [0.05, 0.1) is 5.69 Å². The van der Waals surface area contributed by atoms with Crippen molar-refractivity contribution >= 4 is 21.8 Å². The Morgan fingerprint density at radius 1 is 1.31 bits per heavy atom. The zero-order valence-electron chi connectivity index (χ0n) is 9.17. The quantitative estimate of drug-likeness (QED) is 0.852. The standard InChI is InChI=1S/C10H14N2O3S/c1-3-10(13)11-16(14,15)12(2)9-7-5-4-6-8-9/h4-8H,3H2,1-2H3,(H,11,13). The van der Waals surface area contributed by atoms with E-state index >= 15 is 0 Å². The average Bonchev–Trinajstić information content (AvgIpc) is 2.28. The van der Waals surface area contributed by atoms with Gasteiger partial charge in [-0.2, -0.15) is 8.42 Å². The second-order valence-corrected chi connectivity index (χ2v) is 4.89. The lowest BCUT2D eigenvalue weighted by Crippen LogP contribution is -2.41. The number of hydrogen-bond donors (Lipinski definition) is 1. The SMILES string of the molecule is CCC(=O)NS(=O)(=O)N(C)c1ccccc1. The van der Waals surface area contributed by atoms with Gasteiger partial charge >= 0.3 is 10.2 Å². The molecule has 0 radical (unpaired) electrons.